The van der Waals surface area contributed by atoms with Crippen LogP contribution < -0.4 is 11.1 Å². The number of nitrogen functional groups attached to an aromatic ring is 1. The van der Waals surface area contributed by atoms with Crippen molar-refractivity contribution in [2.75, 3.05) is 16.8 Å². The van der Waals surface area contributed by atoms with Crippen molar-refractivity contribution in [3.63, 3.8) is 0 Å². The van der Waals surface area contributed by atoms with Crippen molar-refractivity contribution in [3.8, 4) is 11.4 Å². The molecule has 0 saturated heterocycles. The van der Waals surface area contributed by atoms with E-state index in [1.54, 1.807) is 6.11 Å². The van der Waals surface area contributed by atoms with Crippen LogP contribution in [0.4, 0.5) is 28.7 Å². The minimum Gasteiger partial charge on any atom is -0.481 e. The largest absolute Gasteiger partial charge is 0.481 e. The molecule has 0 radical (unpaired) electrons. The number of nitrogens with one attached hydrogen (secondary N) is 1. The second-order valence-corrected chi connectivity index (χ2v) is 12.6. The number of thioether (sulfide) groups is 2. The van der Waals surface area contributed by atoms with Gasteiger partial charge in [0.05, 0.1) is 28.4 Å². The molecule has 3 aromatic rings. The van der Waals surface area contributed by atoms with Gasteiger partial charge in [0.2, 0.25) is 11.2 Å². The van der Waals surface area contributed by atoms with E-state index in [1.165, 1.54) is 18.2 Å². The summed E-state index contributed by atoms with van der Waals surface area (Å²) in [6.07, 6.45) is 1.77. The van der Waals surface area contributed by atoms with Gasteiger partial charge in [-0.25, -0.2) is 5.26 Å². The molecule has 240 valence electrons. The minimum absolute atomic E-state index is 0.0327. The Hall–Kier alpha value is -3.52. The standard InChI is InChI=1S/C19H14ClN7O13S5/c20-17-23-18(25-19(24-17)42-8-16(28)29)22-12-6-10(21)14(43-39-38-30)7-13(12)27-26-11-2-1-9(5-15(11)44(31,32)33)41-4-3-37-40-45(34,35)36/h1-2,5-7,30H,8,21H2,(H,28,29)(H,31,32,33)(H,34,35,36)(H,22,23,24,25). The van der Waals surface area contributed by atoms with Crippen molar-refractivity contribution >= 4 is 102 Å². The van der Waals surface area contributed by atoms with Crippen molar-refractivity contribution in [3.05, 3.63) is 35.6 Å². The molecule has 7 N–H and O–H groups in total. The normalized spacial score (nSPS) is 11.6. The van der Waals surface area contributed by atoms with Gasteiger partial charge in [0.15, 0.2) is 11.3 Å². The van der Waals surface area contributed by atoms with Gasteiger partial charge in [0.1, 0.15) is 16.3 Å². The Morgan fingerprint density at radius 3 is 2.49 bits per heavy atom. The summed E-state index contributed by atoms with van der Waals surface area (Å²) in [7, 11) is -9.81. The van der Waals surface area contributed by atoms with Crippen LogP contribution in [0, 0.1) is 11.4 Å². The van der Waals surface area contributed by atoms with Gasteiger partial charge in [-0.15, -0.1) is 14.6 Å². The summed E-state index contributed by atoms with van der Waals surface area (Å²) < 4.78 is 71.2. The number of benzene rings is 2. The molecule has 0 atom stereocenters. The average molecular weight is 744 g/mol. The molecule has 1 aromatic heterocycles. The summed E-state index contributed by atoms with van der Waals surface area (Å²) in [6.45, 7) is 0. The quantitative estimate of drug-likeness (QED) is 0.0199. The number of carboxylic acids is 1. The molecule has 1 heterocycles. The number of hydrogen-bond donors (Lipinski definition) is 6. The third-order valence-corrected chi connectivity index (χ3v) is 7.75. The Kier molecular flexibility index (Phi) is 12.9. The summed E-state index contributed by atoms with van der Waals surface area (Å²) in [5, 5.41) is 33.6. The van der Waals surface area contributed by atoms with E-state index in [2.05, 4.69) is 54.3 Å². The number of hydrogen-bond acceptors (Lipinski definition) is 20. The van der Waals surface area contributed by atoms with Crippen LogP contribution in [0.15, 0.2) is 60.4 Å². The Morgan fingerprint density at radius 1 is 1.09 bits per heavy atom. The van der Waals surface area contributed by atoms with Gasteiger partial charge in [0, 0.05) is 15.8 Å². The van der Waals surface area contributed by atoms with Crippen molar-refractivity contribution in [1.29, 1.82) is 0 Å². The maximum Gasteiger partial charge on any atom is 0.433 e. The van der Waals surface area contributed by atoms with Crippen LogP contribution in [0.5, 0.6) is 0 Å². The predicted molar refractivity (Wildman–Crippen MR) is 156 cm³/mol. The second-order valence-electron chi connectivity index (χ2n) is 7.34. The first kappa shape index (κ1) is 36.0. The lowest BCUT2D eigenvalue weighted by Gasteiger charge is -2.12. The minimum atomic E-state index is -4.91. The third kappa shape index (κ3) is 12.1. The van der Waals surface area contributed by atoms with E-state index in [9.17, 15) is 26.2 Å². The Morgan fingerprint density at radius 2 is 1.82 bits per heavy atom. The highest BCUT2D eigenvalue weighted by atomic mass is 35.5. The van der Waals surface area contributed by atoms with E-state index in [-0.39, 0.29) is 54.7 Å². The molecule has 0 saturated carbocycles. The molecular formula is C19H14ClN7O13S5. The number of aliphatic carboxylic acids is 1. The zero-order valence-corrected chi connectivity index (χ0v) is 26.1. The first-order valence-electron chi connectivity index (χ1n) is 10.8. The van der Waals surface area contributed by atoms with Gasteiger partial charge < -0.3 is 16.2 Å². The topological polar surface area (TPSA) is 305 Å². The highest BCUT2D eigenvalue weighted by molar-refractivity contribution is 8.04. The molecular weight excluding hydrogens is 730 g/mol. The van der Waals surface area contributed by atoms with E-state index in [4.69, 9.17) is 32.3 Å². The number of azo groups is 1. The number of halogens is 1. The van der Waals surface area contributed by atoms with Crippen molar-refractivity contribution in [1.82, 2.24) is 15.0 Å². The number of aromatic nitrogens is 3. The number of carboxylic acid groups (broad SMARTS) is 1. The molecule has 0 aliphatic carbocycles. The lowest BCUT2D eigenvalue weighted by molar-refractivity contribution is -0.432. The van der Waals surface area contributed by atoms with Crippen molar-refractivity contribution in [2.24, 2.45) is 10.2 Å². The molecule has 0 spiro atoms. The van der Waals surface area contributed by atoms with Crippen LogP contribution in [0.3, 0.4) is 0 Å². The van der Waals surface area contributed by atoms with Crippen molar-refractivity contribution in [2.45, 2.75) is 19.8 Å². The van der Waals surface area contributed by atoms with E-state index in [0.29, 0.717) is 23.8 Å². The predicted octanol–water partition coefficient (Wildman–Crippen LogP) is 3.88. The van der Waals surface area contributed by atoms with Gasteiger partial charge in [-0.05, 0) is 58.0 Å². The lowest BCUT2D eigenvalue weighted by Crippen LogP contribution is -2.04. The highest BCUT2D eigenvalue weighted by Gasteiger charge is 2.18. The molecule has 2 aromatic carbocycles. The maximum atomic E-state index is 12.1. The summed E-state index contributed by atoms with van der Waals surface area (Å²) in [6, 6.07) is 5.99. The third-order valence-electron chi connectivity index (χ3n) is 4.29. The van der Waals surface area contributed by atoms with Gasteiger partial charge in [-0.3, -0.25) is 18.8 Å². The van der Waals surface area contributed by atoms with E-state index < -0.39 is 31.4 Å². The number of carbonyl (C=O) groups is 1. The van der Waals surface area contributed by atoms with Crippen LogP contribution in [0.25, 0.3) is 0 Å². The first-order chi connectivity index (χ1) is 21.1. The smallest absolute Gasteiger partial charge is 0.433 e. The summed E-state index contributed by atoms with van der Waals surface area (Å²) in [4.78, 5) is 26.2. The molecule has 26 heteroatoms. The maximum absolute atomic E-state index is 12.1. The van der Waals surface area contributed by atoms with Gasteiger partial charge in [-0.1, -0.05) is 16.8 Å². The summed E-state index contributed by atoms with van der Waals surface area (Å²) in [5.41, 5.74) is 5.71. The molecule has 0 fully saturated rings. The molecule has 0 aliphatic rings. The van der Waals surface area contributed by atoms with Crippen LogP contribution in [0.1, 0.15) is 0 Å². The van der Waals surface area contributed by atoms with Crippen LogP contribution in [-0.4, -0.2) is 63.0 Å². The SMILES string of the molecule is Nc1cc(Nc2nc(Cl)nc(SCC(=O)O)n2)c(N=Nc2ccc(SC#COOS(=O)(=O)O)cc2S(=O)(=O)O)cc1SOOO. The second kappa shape index (κ2) is 16.2. The monoisotopic (exact) mass is 743 g/mol. The van der Waals surface area contributed by atoms with Crippen LogP contribution >= 0.6 is 47.2 Å². The van der Waals surface area contributed by atoms with Crippen molar-refractivity contribution < 1.29 is 59.7 Å². The zero-order chi connectivity index (χ0) is 33.2. The van der Waals surface area contributed by atoms with E-state index in [1.807, 2.05) is 0 Å². The molecule has 0 unspecified atom stereocenters. The van der Waals surface area contributed by atoms with Gasteiger partial charge in [-0.2, -0.15) is 31.8 Å². The fraction of sp³-hybridized carbons (Fsp3) is 0.0526. The summed E-state index contributed by atoms with van der Waals surface area (Å²) >= 11 is 7.79. The lowest BCUT2D eigenvalue weighted by atomic mass is 10.2. The fourth-order valence-corrected chi connectivity index (χ4v) is 5.24. The molecule has 20 nitrogen and oxygen atoms in total. The summed E-state index contributed by atoms with van der Waals surface area (Å²) in [5.74, 6) is -1.67. The number of rotatable bonds is 14. The van der Waals surface area contributed by atoms with Gasteiger partial charge >= 0.3 is 16.4 Å². The van der Waals surface area contributed by atoms with Gasteiger partial charge in [0.25, 0.3) is 10.1 Å². The number of nitrogens with zero attached hydrogens (tertiary/aromatic N) is 5. The molecule has 3 rings (SSSR count). The highest BCUT2D eigenvalue weighted by Crippen LogP contribution is 2.39. The molecule has 0 aliphatic heterocycles. The average Bonchev–Trinajstić information content (AvgIpc) is 2.94. The Balaban J connectivity index is 1.99. The molecule has 0 amide bonds. The Labute approximate surface area is 269 Å². The van der Waals surface area contributed by atoms with E-state index in [0.717, 1.165) is 23.9 Å². The first-order valence-corrected chi connectivity index (χ1v) is 16.5. The van der Waals surface area contributed by atoms with E-state index >= 15 is 0 Å². The number of nitrogens with two attached hydrogens (primary N) is 1. The van der Waals surface area contributed by atoms with Crippen LogP contribution in [0.2, 0.25) is 5.28 Å². The fourth-order valence-electron chi connectivity index (χ4n) is 2.70. The molecule has 45 heavy (non-hydrogen) atoms. The van der Waals surface area contributed by atoms with Crippen LogP contribution in [-0.2, 0) is 43.9 Å². The number of anilines is 3. The molecule has 0 bridgehead atoms. The Bertz CT molecular complexity index is 1890. The zero-order valence-electron chi connectivity index (χ0n) is 21.3.